The minimum absolute atomic E-state index is 0.579. The Labute approximate surface area is 196 Å². The van der Waals surface area contributed by atoms with E-state index in [0.717, 1.165) is 19.3 Å². The highest BCUT2D eigenvalue weighted by molar-refractivity contribution is 6.53. The number of unbranched alkanes of at least 4 members (excludes halogenated alkanes) is 15. The van der Waals surface area contributed by atoms with Crippen LogP contribution in [-0.2, 0) is 17.7 Å². The molecule has 0 radical (unpaired) electrons. The normalized spacial score (nSPS) is 12.0. The topological polar surface area (TPSA) is 36.9 Å². The molecule has 0 aromatic heterocycles. The Morgan fingerprint density at radius 3 is 0.935 bits per heavy atom. The van der Waals surface area contributed by atoms with Gasteiger partial charge in [-0.1, -0.05) is 117 Å². The van der Waals surface area contributed by atoms with Crippen molar-refractivity contribution in [2.24, 2.45) is 0 Å². The van der Waals surface area contributed by atoms with Crippen molar-refractivity contribution >= 4 is 9.05 Å². The van der Waals surface area contributed by atoms with Crippen molar-refractivity contribution in [1.29, 1.82) is 0 Å². The fourth-order valence-corrected chi connectivity index (χ4v) is 5.70. The van der Waals surface area contributed by atoms with Crippen LogP contribution in [0.3, 0.4) is 0 Å². The van der Waals surface area contributed by atoms with Gasteiger partial charge in [-0.25, -0.2) is 0 Å². The molecule has 0 aromatic rings. The van der Waals surface area contributed by atoms with Crippen molar-refractivity contribution < 1.29 is 17.7 Å². The summed E-state index contributed by atoms with van der Waals surface area (Å²) in [5.41, 5.74) is 0. The van der Waals surface area contributed by atoms with Crippen molar-refractivity contribution in [3.63, 3.8) is 0 Å². The van der Waals surface area contributed by atoms with Crippen LogP contribution in [0.4, 0.5) is 0 Å². The monoisotopic (exact) mass is 460 g/mol. The van der Waals surface area contributed by atoms with Crippen LogP contribution in [0.15, 0.2) is 0 Å². The lowest BCUT2D eigenvalue weighted by atomic mass is 10.1. The van der Waals surface area contributed by atoms with E-state index in [1.165, 1.54) is 96.3 Å². The summed E-state index contributed by atoms with van der Waals surface area (Å²) in [5, 5.41) is 0. The summed E-state index contributed by atoms with van der Waals surface area (Å²) in [6, 6.07) is 0. The smallest absolute Gasteiger partial charge is 0.351 e. The van der Waals surface area contributed by atoms with Gasteiger partial charge in [0.2, 0.25) is 0 Å². The summed E-state index contributed by atoms with van der Waals surface area (Å²) in [6.45, 7) is 11.4. The number of hydrogen-bond acceptors (Lipinski definition) is 4. The van der Waals surface area contributed by atoms with Crippen LogP contribution in [0.2, 0.25) is 0 Å². The third-order valence-electron chi connectivity index (χ3n) is 5.65. The van der Waals surface area contributed by atoms with Crippen LogP contribution in [0.25, 0.3) is 0 Å². The molecule has 0 unspecified atom stereocenters. The van der Waals surface area contributed by atoms with E-state index in [-0.39, 0.29) is 0 Å². The van der Waals surface area contributed by atoms with Crippen LogP contribution in [0, 0.1) is 0 Å². The molecule has 0 atom stereocenters. The van der Waals surface area contributed by atoms with E-state index in [4.69, 9.17) is 17.7 Å². The zero-order chi connectivity index (χ0) is 22.9. The van der Waals surface area contributed by atoms with Gasteiger partial charge in [-0.2, -0.15) is 0 Å². The standard InChI is InChI=1S/C26H56O4Si/c1-5-9-12-15-18-21-24-28-31(27-8-4,29-25-22-19-16-13-10-6-2)30-26-23-20-17-14-11-7-3/h5-26H2,1-4H3. The van der Waals surface area contributed by atoms with Gasteiger partial charge < -0.3 is 17.7 Å². The first-order chi connectivity index (χ1) is 15.2. The summed E-state index contributed by atoms with van der Waals surface area (Å²) < 4.78 is 24.8. The highest BCUT2D eigenvalue weighted by Gasteiger charge is 2.45. The van der Waals surface area contributed by atoms with Crippen LogP contribution >= 0.6 is 0 Å². The maximum atomic E-state index is 6.24. The molecule has 0 saturated carbocycles. The van der Waals surface area contributed by atoms with Gasteiger partial charge in [0.05, 0.1) is 0 Å². The maximum absolute atomic E-state index is 6.24. The minimum atomic E-state index is -3.02. The summed E-state index contributed by atoms with van der Waals surface area (Å²) >= 11 is 0. The second-order valence-corrected chi connectivity index (χ2v) is 10.9. The molecule has 0 saturated heterocycles. The van der Waals surface area contributed by atoms with Gasteiger partial charge in [-0.3, -0.25) is 0 Å². The lowest BCUT2D eigenvalue weighted by Crippen LogP contribution is -2.50. The summed E-state index contributed by atoms with van der Waals surface area (Å²) in [6.07, 6.45) is 22.5. The van der Waals surface area contributed by atoms with Gasteiger partial charge in [-0.15, -0.1) is 0 Å². The molecule has 5 heteroatoms. The van der Waals surface area contributed by atoms with Crippen LogP contribution in [0.5, 0.6) is 0 Å². The van der Waals surface area contributed by atoms with Gasteiger partial charge in [-0.05, 0) is 26.2 Å². The highest BCUT2D eigenvalue weighted by atomic mass is 28.4. The van der Waals surface area contributed by atoms with Gasteiger partial charge in [0.15, 0.2) is 0 Å². The maximum Gasteiger partial charge on any atom is 0.679 e. The van der Waals surface area contributed by atoms with Crippen molar-refractivity contribution in [2.75, 3.05) is 26.4 Å². The number of rotatable bonds is 26. The molecule has 188 valence electrons. The molecule has 0 aliphatic heterocycles. The first kappa shape index (κ1) is 31.1. The number of hydrogen-bond donors (Lipinski definition) is 0. The summed E-state index contributed by atoms with van der Waals surface area (Å²) in [7, 11) is -3.02. The van der Waals surface area contributed by atoms with E-state index in [1.54, 1.807) is 0 Å². The first-order valence-corrected chi connectivity index (χ1v) is 15.4. The molecule has 0 bridgehead atoms. The molecule has 0 aliphatic rings. The summed E-state index contributed by atoms with van der Waals surface area (Å²) in [4.78, 5) is 0. The second-order valence-electron chi connectivity index (χ2n) is 8.78. The van der Waals surface area contributed by atoms with E-state index >= 15 is 0 Å². The van der Waals surface area contributed by atoms with Crippen molar-refractivity contribution in [1.82, 2.24) is 0 Å². The fourth-order valence-electron chi connectivity index (χ4n) is 3.67. The van der Waals surface area contributed by atoms with E-state index in [1.807, 2.05) is 6.92 Å². The van der Waals surface area contributed by atoms with E-state index in [2.05, 4.69) is 20.8 Å². The quantitative estimate of drug-likeness (QED) is 0.0956. The molecular formula is C26H56O4Si. The Morgan fingerprint density at radius 2 is 0.645 bits per heavy atom. The molecule has 0 N–H and O–H groups in total. The molecule has 0 spiro atoms. The Balaban J connectivity index is 4.39. The predicted molar refractivity (Wildman–Crippen MR) is 135 cm³/mol. The molecule has 4 nitrogen and oxygen atoms in total. The van der Waals surface area contributed by atoms with E-state index in [9.17, 15) is 0 Å². The SMILES string of the molecule is CCCCCCCCO[Si](OCC)(OCCCCCCCC)OCCCCCCCC. The van der Waals surface area contributed by atoms with Gasteiger partial charge in [0.25, 0.3) is 0 Å². The summed E-state index contributed by atoms with van der Waals surface area (Å²) in [5.74, 6) is 0. The van der Waals surface area contributed by atoms with Crippen molar-refractivity contribution in [3.8, 4) is 0 Å². The molecule has 31 heavy (non-hydrogen) atoms. The van der Waals surface area contributed by atoms with Crippen molar-refractivity contribution in [3.05, 3.63) is 0 Å². The van der Waals surface area contributed by atoms with Gasteiger partial charge in [0.1, 0.15) is 0 Å². The Hall–Kier alpha value is 0.0569. The first-order valence-electron chi connectivity index (χ1n) is 13.8. The molecule has 0 fully saturated rings. The van der Waals surface area contributed by atoms with E-state index < -0.39 is 9.05 Å². The predicted octanol–water partition coefficient (Wildman–Crippen LogP) is 8.59. The Kier molecular flexibility index (Phi) is 24.7. The molecule has 0 heterocycles. The Bertz CT molecular complexity index is 296. The zero-order valence-corrected chi connectivity index (χ0v) is 22.7. The molecular weight excluding hydrogens is 404 g/mol. The third-order valence-corrected chi connectivity index (χ3v) is 7.97. The Morgan fingerprint density at radius 1 is 0.355 bits per heavy atom. The minimum Gasteiger partial charge on any atom is -0.351 e. The van der Waals surface area contributed by atoms with Crippen molar-refractivity contribution in [2.45, 2.75) is 143 Å². The molecule has 0 aromatic carbocycles. The molecule has 0 rings (SSSR count). The second kappa shape index (κ2) is 24.7. The van der Waals surface area contributed by atoms with E-state index in [0.29, 0.717) is 26.4 Å². The lowest BCUT2D eigenvalue weighted by molar-refractivity contribution is -0.0344. The van der Waals surface area contributed by atoms with Crippen LogP contribution in [0.1, 0.15) is 143 Å². The van der Waals surface area contributed by atoms with Crippen LogP contribution in [-0.4, -0.2) is 35.5 Å². The fraction of sp³-hybridized carbons (Fsp3) is 1.00. The highest BCUT2D eigenvalue weighted by Crippen LogP contribution is 2.17. The average molecular weight is 461 g/mol. The lowest BCUT2D eigenvalue weighted by Gasteiger charge is -2.28. The van der Waals surface area contributed by atoms with Crippen LogP contribution < -0.4 is 0 Å². The van der Waals surface area contributed by atoms with Gasteiger partial charge >= 0.3 is 9.05 Å². The molecule has 0 aliphatic carbocycles. The molecule has 0 amide bonds. The third kappa shape index (κ3) is 20.4. The zero-order valence-electron chi connectivity index (χ0n) is 21.7. The largest absolute Gasteiger partial charge is 0.679 e. The van der Waals surface area contributed by atoms with Gasteiger partial charge in [0, 0.05) is 26.4 Å². The average Bonchev–Trinajstić information content (AvgIpc) is 2.77.